The maximum atomic E-state index is 14.2. The van der Waals surface area contributed by atoms with E-state index in [0.29, 0.717) is 56.0 Å². The molecule has 458 valence electrons. The Kier molecular flexibility index (Phi) is 19.8. The molecule has 6 heterocycles. The first-order valence-corrected chi connectivity index (χ1v) is 28.4. The quantitative estimate of drug-likeness (QED) is 0.0747. The zero-order chi connectivity index (χ0) is 63.0. The molecule has 2 saturated heterocycles. The van der Waals surface area contributed by atoms with E-state index in [1.807, 2.05) is 61.5 Å². The maximum Gasteiger partial charge on any atom is 0.410 e. The highest BCUT2D eigenvalue weighted by Gasteiger charge is 2.47. The van der Waals surface area contributed by atoms with Crippen molar-refractivity contribution in [1.29, 1.82) is 0 Å². The normalized spacial score (nSPS) is 20.6. The summed E-state index contributed by atoms with van der Waals surface area (Å²) >= 11 is 0. The predicted octanol–water partition coefficient (Wildman–Crippen LogP) is 5.72. The lowest BCUT2D eigenvalue weighted by Crippen LogP contribution is -2.59. The van der Waals surface area contributed by atoms with Crippen LogP contribution in [0, 0.1) is 13.8 Å². The van der Waals surface area contributed by atoms with Crippen LogP contribution in [0.5, 0.6) is 0 Å². The lowest BCUT2D eigenvalue weighted by Gasteiger charge is -2.41. The van der Waals surface area contributed by atoms with Crippen LogP contribution in [0.4, 0.5) is 19.2 Å². The number of amides is 6. The number of aliphatic hydroxyl groups excluding tert-OH is 1. The van der Waals surface area contributed by atoms with Gasteiger partial charge in [0.05, 0.1) is 93.4 Å². The first kappa shape index (κ1) is 59.3. The number of carbonyl (C=O) groups excluding carboxylic acids is 6. The Labute approximate surface area is 489 Å². The molecule has 6 atom stereocenters. The third-order valence-corrected chi connectivity index (χ3v) is 14.4. The molecule has 2 aliphatic heterocycles. The summed E-state index contributed by atoms with van der Waals surface area (Å²) in [5.41, 5.74) is 2.94. The Morgan fingerprint density at radius 1 is 0.687 bits per heavy atom. The zero-order valence-electron chi connectivity index (χ0n) is 53.0. The topological polar surface area (TPSA) is 286 Å². The summed E-state index contributed by atoms with van der Waals surface area (Å²) in [6.07, 6.45) is 0.428. The molecule has 2 saturated carbocycles. The number of hydrogen-bond donors (Lipinski definition) is 3. The molecule has 0 aromatic carbocycles. The third-order valence-electron chi connectivity index (χ3n) is 14.4. The number of carbonyl (C=O) groups is 6. The second kappa shape index (κ2) is 27.7. The fourth-order valence-electron chi connectivity index (χ4n) is 10.1. The summed E-state index contributed by atoms with van der Waals surface area (Å²) in [7, 11) is -0.0196. The number of aryl methyl sites for hydroxylation is 4. The summed E-state index contributed by atoms with van der Waals surface area (Å²) < 4.78 is 63.1. The lowest BCUT2D eigenvalue weighted by atomic mass is 10.1. The molecule has 8 rings (SSSR count). The number of rotatable bonds is 19. The number of aliphatic hydroxyl groups is 1. The van der Waals surface area contributed by atoms with Gasteiger partial charge in [0.15, 0.2) is 23.5 Å². The summed E-state index contributed by atoms with van der Waals surface area (Å²) in [4.78, 5) is 92.9. The van der Waals surface area contributed by atoms with E-state index in [1.165, 1.54) is 24.0 Å². The molecule has 0 bridgehead atoms. The zero-order valence-corrected chi connectivity index (χ0v) is 50.0. The van der Waals surface area contributed by atoms with Crippen molar-refractivity contribution in [2.75, 3.05) is 73.9 Å². The lowest BCUT2D eigenvalue weighted by molar-refractivity contribution is -0.157. The van der Waals surface area contributed by atoms with Crippen LogP contribution < -0.4 is 10.6 Å². The number of hydrogen-bond acceptors (Lipinski definition) is 18. The summed E-state index contributed by atoms with van der Waals surface area (Å²) in [6.45, 7) is 19.2. The van der Waals surface area contributed by atoms with Gasteiger partial charge in [0.1, 0.15) is 11.2 Å². The van der Waals surface area contributed by atoms with Gasteiger partial charge in [-0.05, 0) is 132 Å². The summed E-state index contributed by atoms with van der Waals surface area (Å²) in [5, 5.41) is 26.6. The van der Waals surface area contributed by atoms with Crippen LogP contribution in [0.3, 0.4) is 0 Å². The van der Waals surface area contributed by atoms with Gasteiger partial charge in [0.2, 0.25) is 0 Å². The molecule has 26 heteroatoms. The summed E-state index contributed by atoms with van der Waals surface area (Å²) in [5.74, 6) is -0.520. The molecule has 26 nitrogen and oxygen atoms in total. The van der Waals surface area contributed by atoms with Gasteiger partial charge in [-0.1, -0.05) is 0 Å². The van der Waals surface area contributed by atoms with Crippen LogP contribution in [0.1, 0.15) is 133 Å². The molecule has 4 aliphatic rings. The number of ether oxygens (including phenoxy) is 7. The minimum Gasteiger partial charge on any atom is -0.453 e. The van der Waals surface area contributed by atoms with Crippen molar-refractivity contribution in [1.82, 2.24) is 59.8 Å². The van der Waals surface area contributed by atoms with E-state index in [2.05, 4.69) is 20.1 Å². The third kappa shape index (κ3) is 16.5. The standard InChI is InChI=1S/C29H44N6O7.C28H42N6O7/c1-18-9-12-22-24(32-34(25(22)31-18)14-8-13-30-27(37)40-7)19(2)35(20-10-11-20)26(36)23-15-33(21(16-39-6)17-41-23)28(38)42-29(3,4)5;1-17-8-11-21-23(31-33(24(21)30-17)13-7-12-29-26(37)39-6)18(2)34(19-9-10-19)25(36)22-14-32(20(15-35)16-40-22)27(38)41-28(3,4)5/h9,12,19-21,23H,8,10-11,13-17H2,1-7H3,(H,30,37);8,11,18-20,22,35H,7,9-10,12-16H2,1-6H3,(H,29,37)/t19-,21+,23-;18-,20+,22-/m11/s1/i6D3;. The molecule has 0 unspecified atom stereocenters. The molecule has 3 N–H and O–H groups in total. The second-order valence-corrected chi connectivity index (χ2v) is 23.4. The van der Waals surface area contributed by atoms with Crippen molar-refractivity contribution in [2.24, 2.45) is 0 Å². The van der Waals surface area contributed by atoms with E-state index in [0.717, 1.165) is 53.5 Å². The first-order valence-electron chi connectivity index (χ1n) is 29.9. The monoisotopic (exact) mass is 1170 g/mol. The number of nitrogens with one attached hydrogen (secondary N) is 2. The molecule has 4 fully saturated rings. The van der Waals surface area contributed by atoms with Crippen molar-refractivity contribution >= 4 is 58.3 Å². The van der Waals surface area contributed by atoms with Crippen molar-refractivity contribution in [3.63, 3.8) is 0 Å². The minimum atomic E-state index is -2.65. The minimum absolute atomic E-state index is 0.0158. The molecule has 2 aliphatic carbocycles. The smallest absolute Gasteiger partial charge is 0.410 e. The van der Waals surface area contributed by atoms with Crippen molar-refractivity contribution in [2.45, 2.75) is 181 Å². The Bertz CT molecular complexity index is 3030. The van der Waals surface area contributed by atoms with E-state index in [-0.39, 0.29) is 69.5 Å². The Morgan fingerprint density at radius 2 is 1.10 bits per heavy atom. The number of fused-ring (bicyclic) bond motifs is 2. The first-order chi connectivity index (χ1) is 40.5. The average molecular weight is 1170 g/mol. The Balaban J connectivity index is 0.000000247. The van der Waals surface area contributed by atoms with Crippen LogP contribution in [0.25, 0.3) is 22.1 Å². The van der Waals surface area contributed by atoms with Gasteiger partial charge >= 0.3 is 24.4 Å². The highest BCUT2D eigenvalue weighted by atomic mass is 16.6. The highest BCUT2D eigenvalue weighted by molar-refractivity contribution is 5.86. The SMILES string of the molecule is COC(=O)NCCCn1nc([C@@H](C)N(C(=O)[C@H]2CN(C(=O)OC(C)(C)C)[C@@H](CO)CO2)C2CC2)c2ccc(C)nc21.[2H]C([2H])([2H])OC[C@H]1CO[C@@H](C(=O)N(C2CC2)[C@H](C)c2nn(CCCNC(=O)OC)c3nc(C)ccc23)CN1C(=O)OC(C)(C)C. The van der Waals surface area contributed by atoms with Gasteiger partial charge in [-0.15, -0.1) is 0 Å². The van der Waals surface area contributed by atoms with Gasteiger partial charge in [0, 0.05) is 67.5 Å². The van der Waals surface area contributed by atoms with Gasteiger partial charge in [-0.25, -0.2) is 38.5 Å². The molecular formula is C57H86N12O14. The van der Waals surface area contributed by atoms with Crippen molar-refractivity contribution in [3.05, 3.63) is 47.0 Å². The van der Waals surface area contributed by atoms with E-state index >= 15 is 0 Å². The van der Waals surface area contributed by atoms with Gasteiger partial charge < -0.3 is 58.7 Å². The molecular weight excluding hydrogens is 1080 g/mol. The van der Waals surface area contributed by atoms with Crippen molar-refractivity contribution < 1.29 is 71.1 Å². The van der Waals surface area contributed by atoms with Crippen LogP contribution in [-0.4, -0.2) is 212 Å². The largest absolute Gasteiger partial charge is 0.453 e. The van der Waals surface area contributed by atoms with Gasteiger partial charge in [0.25, 0.3) is 11.8 Å². The van der Waals surface area contributed by atoms with Crippen LogP contribution in [0.2, 0.25) is 0 Å². The molecule has 6 amide bonds. The maximum absolute atomic E-state index is 14.2. The molecule has 83 heavy (non-hydrogen) atoms. The molecule has 0 radical (unpaired) electrons. The number of alkyl carbamates (subject to hydrolysis) is 2. The molecule has 4 aromatic rings. The second-order valence-electron chi connectivity index (χ2n) is 23.4. The number of aromatic nitrogens is 6. The molecule has 0 spiro atoms. The van der Waals surface area contributed by atoms with Crippen molar-refractivity contribution in [3.8, 4) is 0 Å². The summed E-state index contributed by atoms with van der Waals surface area (Å²) in [6, 6.07) is 5.59. The van der Waals surface area contributed by atoms with Gasteiger partial charge in [-0.3, -0.25) is 19.4 Å². The number of methoxy groups -OCH3 is 3. The predicted molar refractivity (Wildman–Crippen MR) is 303 cm³/mol. The van der Waals surface area contributed by atoms with Gasteiger partial charge in [-0.2, -0.15) is 10.2 Å². The van der Waals surface area contributed by atoms with Crippen LogP contribution in [0.15, 0.2) is 24.3 Å². The van der Waals surface area contributed by atoms with Crippen LogP contribution >= 0.6 is 0 Å². The fourth-order valence-corrected chi connectivity index (χ4v) is 10.1. The van der Waals surface area contributed by atoms with E-state index in [9.17, 15) is 33.9 Å². The van der Waals surface area contributed by atoms with E-state index < -0.39 is 72.9 Å². The Hall–Kier alpha value is -6.90. The van der Waals surface area contributed by atoms with E-state index in [1.54, 1.807) is 51.1 Å². The fraction of sp³-hybridized carbons (Fsp3) is 0.684. The van der Waals surface area contributed by atoms with E-state index in [4.69, 9.17) is 48.0 Å². The average Bonchev–Trinajstić information content (AvgIpc) is 1.80. The molecule has 4 aromatic heterocycles. The number of morpholine rings is 2. The number of pyridine rings is 2. The van der Waals surface area contributed by atoms with Crippen LogP contribution in [-0.2, 0) is 55.8 Å². The Morgan fingerprint density at radius 3 is 1.47 bits per heavy atom. The highest BCUT2D eigenvalue weighted by Crippen LogP contribution is 2.39. The number of nitrogens with zero attached hydrogens (tertiary/aromatic N) is 10.